The number of ether oxygens (including phenoxy) is 1. The van der Waals surface area contributed by atoms with Gasteiger partial charge < -0.3 is 19.4 Å². The summed E-state index contributed by atoms with van der Waals surface area (Å²) in [6.45, 7) is 7.18. The second-order valence-corrected chi connectivity index (χ2v) is 12.8. The summed E-state index contributed by atoms with van der Waals surface area (Å²) >= 11 is 0. The molecule has 49 heavy (non-hydrogen) atoms. The minimum atomic E-state index is -4.66. The second-order valence-electron chi connectivity index (χ2n) is 12.8. The minimum Gasteiger partial charge on any atom is -0.444 e. The first-order chi connectivity index (χ1) is 22.7. The van der Waals surface area contributed by atoms with E-state index >= 15 is 13.2 Å². The summed E-state index contributed by atoms with van der Waals surface area (Å²) in [4.78, 5) is 27.6. The smallest absolute Gasteiger partial charge is 0.435 e. The molecule has 0 spiro atoms. The van der Waals surface area contributed by atoms with Crippen LogP contribution in [0.3, 0.4) is 0 Å². The van der Waals surface area contributed by atoms with Crippen LogP contribution in [0.4, 0.5) is 36.8 Å². The summed E-state index contributed by atoms with van der Waals surface area (Å²) in [5.74, 6) is -6.65. The molecule has 3 heterocycles. The number of halogens is 6. The van der Waals surface area contributed by atoms with Gasteiger partial charge in [0, 0.05) is 18.2 Å². The van der Waals surface area contributed by atoms with Gasteiger partial charge in [-0.1, -0.05) is 12.1 Å². The molecule has 4 aromatic rings. The van der Waals surface area contributed by atoms with Crippen LogP contribution in [0.1, 0.15) is 63.8 Å². The molecule has 2 aromatic heterocycles. The van der Waals surface area contributed by atoms with E-state index in [0.717, 1.165) is 27.9 Å². The van der Waals surface area contributed by atoms with Crippen LogP contribution in [-0.2, 0) is 33.6 Å². The van der Waals surface area contributed by atoms with Crippen molar-refractivity contribution < 1.29 is 45.1 Å². The molecule has 1 aliphatic heterocycles. The summed E-state index contributed by atoms with van der Waals surface area (Å²) < 4.78 is 98.3. The number of nitriles is 1. The molecule has 0 fully saturated rings. The van der Waals surface area contributed by atoms with Gasteiger partial charge in [-0.2, -0.15) is 23.5 Å². The van der Waals surface area contributed by atoms with Gasteiger partial charge in [-0.25, -0.2) is 22.6 Å². The molecular formula is C32H29F6N7O4. The van der Waals surface area contributed by atoms with Gasteiger partial charge in [0.2, 0.25) is 11.8 Å². The number of carbonyl (C=O) groups is 2. The molecule has 1 unspecified atom stereocenters. The Balaban J connectivity index is 1.58. The number of benzene rings is 2. The Morgan fingerprint density at radius 2 is 1.78 bits per heavy atom. The van der Waals surface area contributed by atoms with Gasteiger partial charge in [0.1, 0.15) is 22.9 Å². The predicted molar refractivity (Wildman–Crippen MR) is 160 cm³/mol. The van der Waals surface area contributed by atoms with Crippen LogP contribution < -0.4 is 10.2 Å². The van der Waals surface area contributed by atoms with E-state index in [1.165, 1.54) is 38.1 Å². The van der Waals surface area contributed by atoms with Crippen molar-refractivity contribution in [3.05, 3.63) is 77.2 Å². The number of fused-ring (bicyclic) bond motifs is 1. The van der Waals surface area contributed by atoms with Crippen molar-refractivity contribution >= 4 is 17.7 Å². The number of carbonyl (C=O) groups excluding carboxylic acids is 2. The Morgan fingerprint density at radius 1 is 1.10 bits per heavy atom. The third-order valence-electron chi connectivity index (χ3n) is 7.38. The molecular weight excluding hydrogens is 660 g/mol. The zero-order valence-electron chi connectivity index (χ0n) is 26.7. The average molecular weight is 690 g/mol. The van der Waals surface area contributed by atoms with E-state index in [4.69, 9.17) is 9.15 Å². The normalized spacial score (nSPS) is 16.5. The maximum atomic E-state index is 15.9. The van der Waals surface area contributed by atoms with Gasteiger partial charge in [0.15, 0.2) is 5.69 Å². The van der Waals surface area contributed by atoms with Crippen LogP contribution in [0.15, 0.2) is 53.1 Å². The van der Waals surface area contributed by atoms with Crippen molar-refractivity contribution in [2.45, 2.75) is 76.7 Å². The first-order valence-electron chi connectivity index (χ1n) is 14.7. The predicted octanol–water partition coefficient (Wildman–Crippen LogP) is 6.80. The Labute approximate surface area is 275 Å². The van der Waals surface area contributed by atoms with Gasteiger partial charge in [-0.05, 0) is 70.5 Å². The van der Waals surface area contributed by atoms with Crippen LogP contribution >= 0.6 is 0 Å². The number of nitrogens with zero attached hydrogens (tertiary/aromatic N) is 6. The molecule has 258 valence electrons. The molecule has 1 N–H and O–H groups in total. The fourth-order valence-corrected chi connectivity index (χ4v) is 4.92. The number of aromatic nitrogens is 4. The first-order valence-corrected chi connectivity index (χ1v) is 14.7. The molecule has 2 amide bonds. The lowest BCUT2D eigenvalue weighted by Gasteiger charge is -2.27. The molecule has 1 atom stereocenters. The summed E-state index contributed by atoms with van der Waals surface area (Å²) in [6.07, 6.45) is -5.93. The number of rotatable bonds is 6. The Hall–Kier alpha value is -5.40. The van der Waals surface area contributed by atoms with Crippen LogP contribution in [0.5, 0.6) is 0 Å². The van der Waals surface area contributed by atoms with Gasteiger partial charge in [0.05, 0.1) is 29.6 Å². The molecule has 5 rings (SSSR count). The number of alkyl carbamates (subject to hydrolysis) is 1. The molecule has 17 heteroatoms. The number of hydrogen-bond donors (Lipinski definition) is 1. The second kappa shape index (κ2) is 12.2. The third-order valence-corrected chi connectivity index (χ3v) is 7.38. The van der Waals surface area contributed by atoms with Crippen molar-refractivity contribution in [3.8, 4) is 23.2 Å². The minimum absolute atomic E-state index is 0.168. The lowest BCUT2D eigenvalue weighted by molar-refractivity contribution is -0.141. The number of hydrogen-bond acceptors (Lipinski definition) is 8. The molecule has 0 bridgehead atoms. The van der Waals surface area contributed by atoms with Gasteiger partial charge in [-0.3, -0.25) is 4.79 Å². The SMILES string of the molecule is CC(C)(C)OC(=O)NC1CC(F)(F)c2cc(F)c(-c3nnc(C(C)(C)C#N)o3)cc2N(Cc2ccc(-n3ccc(C(F)(F)F)n3)cc2)C1=O. The third kappa shape index (κ3) is 7.37. The average Bonchev–Trinajstić information content (AvgIpc) is 3.69. The lowest BCUT2D eigenvalue weighted by Crippen LogP contribution is -2.49. The van der Waals surface area contributed by atoms with Crippen molar-refractivity contribution in [3.63, 3.8) is 0 Å². The van der Waals surface area contributed by atoms with Crippen LogP contribution in [0.2, 0.25) is 0 Å². The number of anilines is 1. The summed E-state index contributed by atoms with van der Waals surface area (Å²) in [5, 5.41) is 22.7. The number of nitrogens with one attached hydrogen (secondary N) is 1. The van der Waals surface area contributed by atoms with E-state index in [-0.39, 0.29) is 11.6 Å². The fraction of sp³-hybridized carbons (Fsp3) is 0.375. The standard InChI is InChI=1S/C32H29F6N7O4/c1-29(2,3)49-28(47)40-22-14-31(34,35)20-13-21(33)19(25-41-42-27(48-25)30(4,5)16-39)12-23(20)44(26(22)46)15-17-6-8-18(9-7-17)45-11-10-24(43-45)32(36,37)38/h6-13,22H,14-15H2,1-5H3,(H,40,47). The topological polar surface area (TPSA) is 139 Å². The van der Waals surface area contributed by atoms with E-state index in [0.29, 0.717) is 11.6 Å². The highest BCUT2D eigenvalue weighted by Gasteiger charge is 2.47. The van der Waals surface area contributed by atoms with E-state index in [1.807, 2.05) is 6.07 Å². The Morgan fingerprint density at radius 3 is 2.37 bits per heavy atom. The number of alkyl halides is 5. The highest BCUT2D eigenvalue weighted by molar-refractivity contribution is 6.00. The zero-order chi connectivity index (χ0) is 36.1. The summed E-state index contributed by atoms with van der Waals surface area (Å²) in [6, 6.07) is 8.10. The molecule has 0 radical (unpaired) electrons. The summed E-state index contributed by atoms with van der Waals surface area (Å²) in [5.41, 5.74) is -4.59. The van der Waals surface area contributed by atoms with Crippen LogP contribution in [0, 0.1) is 17.1 Å². The molecule has 0 aliphatic carbocycles. The molecule has 11 nitrogen and oxygen atoms in total. The van der Waals surface area contributed by atoms with Crippen molar-refractivity contribution in [1.29, 1.82) is 5.26 Å². The molecule has 1 aliphatic rings. The van der Waals surface area contributed by atoms with Crippen molar-refractivity contribution in [2.24, 2.45) is 0 Å². The van der Waals surface area contributed by atoms with E-state index in [2.05, 4.69) is 20.6 Å². The number of amides is 2. The van der Waals surface area contributed by atoms with Gasteiger partial charge >= 0.3 is 12.3 Å². The molecule has 2 aromatic carbocycles. The summed E-state index contributed by atoms with van der Waals surface area (Å²) in [7, 11) is 0. The zero-order valence-corrected chi connectivity index (χ0v) is 26.7. The molecule has 0 saturated carbocycles. The van der Waals surface area contributed by atoms with Crippen molar-refractivity contribution in [2.75, 3.05) is 4.90 Å². The van der Waals surface area contributed by atoms with Crippen LogP contribution in [-0.4, -0.2) is 43.6 Å². The first kappa shape index (κ1) is 34.9. The lowest BCUT2D eigenvalue weighted by atomic mass is 9.96. The quantitative estimate of drug-likeness (QED) is 0.218. The Kier molecular flexibility index (Phi) is 8.73. The highest BCUT2D eigenvalue weighted by Crippen LogP contribution is 2.45. The van der Waals surface area contributed by atoms with E-state index in [1.54, 1.807) is 20.8 Å². The molecule has 0 saturated heterocycles. The van der Waals surface area contributed by atoms with Crippen molar-refractivity contribution in [1.82, 2.24) is 25.3 Å². The van der Waals surface area contributed by atoms with E-state index in [9.17, 15) is 28.0 Å². The maximum Gasteiger partial charge on any atom is 0.435 e. The van der Waals surface area contributed by atoms with Gasteiger partial charge in [0.25, 0.3) is 11.8 Å². The highest BCUT2D eigenvalue weighted by atomic mass is 19.4. The fourth-order valence-electron chi connectivity index (χ4n) is 4.92. The van der Waals surface area contributed by atoms with Gasteiger partial charge in [-0.15, -0.1) is 10.2 Å². The van der Waals surface area contributed by atoms with E-state index < -0.39 is 88.3 Å². The largest absolute Gasteiger partial charge is 0.444 e. The maximum absolute atomic E-state index is 15.9. The van der Waals surface area contributed by atoms with Crippen LogP contribution in [0.25, 0.3) is 17.1 Å². The Bertz CT molecular complexity index is 1940. The monoisotopic (exact) mass is 689 g/mol.